The zero-order chi connectivity index (χ0) is 11.6. The first-order chi connectivity index (χ1) is 6.81. The standard InChI is InChI=1S/C10H18N2O3/c1-10(2,15)6-11-7-4-5-8(13)12(3)9(7)14/h7,11,15H,4-6H2,1-3H3. The van der Waals surface area contributed by atoms with Gasteiger partial charge in [-0.25, -0.2) is 0 Å². The normalized spacial score (nSPS) is 23.5. The molecule has 1 saturated heterocycles. The Hall–Kier alpha value is -0.940. The summed E-state index contributed by atoms with van der Waals surface area (Å²) in [6, 6.07) is -0.348. The average molecular weight is 214 g/mol. The van der Waals surface area contributed by atoms with Gasteiger partial charge in [0.25, 0.3) is 0 Å². The second-order valence-electron chi connectivity index (χ2n) is 4.58. The molecule has 1 fully saturated rings. The smallest absolute Gasteiger partial charge is 0.246 e. The molecule has 2 amide bonds. The van der Waals surface area contributed by atoms with E-state index in [1.165, 1.54) is 7.05 Å². The molecule has 0 aromatic carbocycles. The summed E-state index contributed by atoms with van der Waals surface area (Å²) in [6.45, 7) is 3.68. The maximum atomic E-state index is 11.6. The maximum Gasteiger partial charge on any atom is 0.246 e. The molecule has 1 atom stereocenters. The molecular weight excluding hydrogens is 196 g/mol. The van der Waals surface area contributed by atoms with Crippen LogP contribution in [0.1, 0.15) is 26.7 Å². The van der Waals surface area contributed by atoms with Gasteiger partial charge in [0.1, 0.15) is 0 Å². The number of hydrogen-bond donors (Lipinski definition) is 2. The topological polar surface area (TPSA) is 69.6 Å². The van der Waals surface area contributed by atoms with Gasteiger partial charge in [-0.1, -0.05) is 0 Å². The van der Waals surface area contributed by atoms with Gasteiger partial charge in [0.2, 0.25) is 11.8 Å². The Morgan fingerprint density at radius 1 is 1.53 bits per heavy atom. The minimum Gasteiger partial charge on any atom is -0.389 e. The van der Waals surface area contributed by atoms with Crippen molar-refractivity contribution in [2.24, 2.45) is 0 Å². The zero-order valence-corrected chi connectivity index (χ0v) is 9.41. The molecule has 0 radical (unpaired) electrons. The lowest BCUT2D eigenvalue weighted by Gasteiger charge is -2.30. The number of carbonyl (C=O) groups excluding carboxylic acids is 2. The van der Waals surface area contributed by atoms with Crippen LogP contribution in [0.2, 0.25) is 0 Å². The molecule has 1 aliphatic heterocycles. The Balaban J connectivity index is 2.50. The van der Waals surface area contributed by atoms with Crippen molar-refractivity contribution >= 4 is 11.8 Å². The van der Waals surface area contributed by atoms with Crippen molar-refractivity contribution in [1.29, 1.82) is 0 Å². The van der Waals surface area contributed by atoms with E-state index in [0.29, 0.717) is 19.4 Å². The number of nitrogens with zero attached hydrogens (tertiary/aromatic N) is 1. The lowest BCUT2D eigenvalue weighted by atomic mass is 10.0. The van der Waals surface area contributed by atoms with E-state index in [-0.39, 0.29) is 17.9 Å². The van der Waals surface area contributed by atoms with Crippen LogP contribution in [0.15, 0.2) is 0 Å². The van der Waals surface area contributed by atoms with E-state index in [2.05, 4.69) is 5.32 Å². The van der Waals surface area contributed by atoms with E-state index in [9.17, 15) is 14.7 Å². The molecule has 1 unspecified atom stereocenters. The Bertz CT molecular complexity index is 270. The summed E-state index contributed by atoms with van der Waals surface area (Å²) in [4.78, 5) is 23.9. The molecule has 15 heavy (non-hydrogen) atoms. The number of imide groups is 1. The number of nitrogens with one attached hydrogen (secondary N) is 1. The van der Waals surface area contributed by atoms with Gasteiger partial charge in [-0.2, -0.15) is 0 Å². The summed E-state index contributed by atoms with van der Waals surface area (Å²) in [6.07, 6.45) is 0.893. The number of piperidine rings is 1. The predicted octanol–water partition coefficient (Wildman–Crippen LogP) is -0.506. The molecule has 0 aromatic rings. The maximum absolute atomic E-state index is 11.6. The van der Waals surface area contributed by atoms with Crippen LogP contribution < -0.4 is 5.32 Å². The highest BCUT2D eigenvalue weighted by molar-refractivity contribution is 6.00. The average Bonchev–Trinajstić information content (AvgIpc) is 2.12. The van der Waals surface area contributed by atoms with Crippen molar-refractivity contribution in [2.45, 2.75) is 38.3 Å². The third kappa shape index (κ3) is 3.28. The van der Waals surface area contributed by atoms with Gasteiger partial charge < -0.3 is 10.4 Å². The Morgan fingerprint density at radius 3 is 2.67 bits per heavy atom. The molecule has 5 nitrogen and oxygen atoms in total. The minimum atomic E-state index is -0.847. The summed E-state index contributed by atoms with van der Waals surface area (Å²) in [5.41, 5.74) is -0.847. The van der Waals surface area contributed by atoms with Gasteiger partial charge >= 0.3 is 0 Å². The first-order valence-electron chi connectivity index (χ1n) is 5.07. The summed E-state index contributed by atoms with van der Waals surface area (Å²) in [5, 5.41) is 12.5. The van der Waals surface area contributed by atoms with Crippen molar-refractivity contribution in [2.75, 3.05) is 13.6 Å². The number of likely N-dealkylation sites (N-methyl/N-ethyl adjacent to an activating group) is 1. The number of hydrogen-bond acceptors (Lipinski definition) is 4. The van der Waals surface area contributed by atoms with Gasteiger partial charge in [0.05, 0.1) is 11.6 Å². The van der Waals surface area contributed by atoms with E-state index < -0.39 is 5.60 Å². The molecule has 1 heterocycles. The quantitative estimate of drug-likeness (QED) is 0.621. The Kier molecular flexibility index (Phi) is 3.46. The number of likely N-dealkylation sites (tertiary alicyclic amines) is 1. The van der Waals surface area contributed by atoms with Crippen LogP contribution in [0.5, 0.6) is 0 Å². The minimum absolute atomic E-state index is 0.138. The van der Waals surface area contributed by atoms with Crippen molar-refractivity contribution < 1.29 is 14.7 Å². The number of aliphatic hydroxyl groups is 1. The van der Waals surface area contributed by atoms with Gasteiger partial charge in [0, 0.05) is 20.0 Å². The van der Waals surface area contributed by atoms with Crippen LogP contribution in [0.25, 0.3) is 0 Å². The van der Waals surface area contributed by atoms with Gasteiger partial charge in [-0.15, -0.1) is 0 Å². The first kappa shape index (κ1) is 12.1. The molecule has 1 aliphatic rings. The van der Waals surface area contributed by atoms with Crippen LogP contribution >= 0.6 is 0 Å². The Labute approximate surface area is 89.4 Å². The van der Waals surface area contributed by atoms with Crippen molar-refractivity contribution in [3.05, 3.63) is 0 Å². The zero-order valence-electron chi connectivity index (χ0n) is 9.41. The van der Waals surface area contributed by atoms with E-state index in [0.717, 1.165) is 4.90 Å². The number of amides is 2. The van der Waals surface area contributed by atoms with Crippen LogP contribution in [0.3, 0.4) is 0 Å². The summed E-state index contributed by atoms with van der Waals surface area (Å²) >= 11 is 0. The highest BCUT2D eigenvalue weighted by Gasteiger charge is 2.32. The fourth-order valence-electron chi connectivity index (χ4n) is 1.48. The molecule has 0 aliphatic carbocycles. The summed E-state index contributed by atoms with van der Waals surface area (Å²) in [7, 11) is 1.49. The molecule has 0 aromatic heterocycles. The van der Waals surface area contributed by atoms with Gasteiger partial charge in [0.15, 0.2) is 0 Å². The van der Waals surface area contributed by atoms with Gasteiger partial charge in [-0.3, -0.25) is 14.5 Å². The predicted molar refractivity (Wildman–Crippen MR) is 55.1 cm³/mol. The van der Waals surface area contributed by atoms with Crippen molar-refractivity contribution in [3.8, 4) is 0 Å². The van der Waals surface area contributed by atoms with Crippen molar-refractivity contribution in [3.63, 3.8) is 0 Å². The third-order valence-corrected chi connectivity index (χ3v) is 2.43. The monoisotopic (exact) mass is 214 g/mol. The second-order valence-corrected chi connectivity index (χ2v) is 4.58. The molecule has 0 saturated carbocycles. The first-order valence-corrected chi connectivity index (χ1v) is 5.07. The van der Waals surface area contributed by atoms with E-state index in [4.69, 9.17) is 0 Å². The summed E-state index contributed by atoms with van der Waals surface area (Å²) < 4.78 is 0. The van der Waals surface area contributed by atoms with Crippen molar-refractivity contribution in [1.82, 2.24) is 10.2 Å². The van der Waals surface area contributed by atoms with Crippen LogP contribution in [0, 0.1) is 0 Å². The fraction of sp³-hybridized carbons (Fsp3) is 0.800. The fourth-order valence-corrected chi connectivity index (χ4v) is 1.48. The molecular formula is C10H18N2O3. The SMILES string of the molecule is CN1C(=O)CCC(NCC(C)(C)O)C1=O. The lowest BCUT2D eigenvalue weighted by molar-refractivity contribution is -0.148. The van der Waals surface area contributed by atoms with Crippen LogP contribution in [-0.2, 0) is 9.59 Å². The number of rotatable bonds is 3. The van der Waals surface area contributed by atoms with E-state index >= 15 is 0 Å². The molecule has 5 heteroatoms. The molecule has 0 bridgehead atoms. The molecule has 1 rings (SSSR count). The highest BCUT2D eigenvalue weighted by Crippen LogP contribution is 2.12. The van der Waals surface area contributed by atoms with Crippen LogP contribution in [-0.4, -0.2) is 47.1 Å². The Morgan fingerprint density at radius 2 is 2.13 bits per heavy atom. The molecule has 0 spiro atoms. The summed E-state index contributed by atoms with van der Waals surface area (Å²) in [5.74, 6) is -0.350. The van der Waals surface area contributed by atoms with Gasteiger partial charge in [-0.05, 0) is 20.3 Å². The lowest BCUT2D eigenvalue weighted by Crippen LogP contribution is -2.53. The largest absolute Gasteiger partial charge is 0.389 e. The van der Waals surface area contributed by atoms with E-state index in [1.54, 1.807) is 13.8 Å². The molecule has 2 N–H and O–H groups in total. The number of carbonyl (C=O) groups is 2. The second kappa shape index (κ2) is 4.28. The third-order valence-electron chi connectivity index (χ3n) is 2.43. The van der Waals surface area contributed by atoms with Crippen LogP contribution in [0.4, 0.5) is 0 Å². The van der Waals surface area contributed by atoms with E-state index in [1.807, 2.05) is 0 Å². The molecule has 86 valence electrons. The highest BCUT2D eigenvalue weighted by atomic mass is 16.3.